The standard InChI is InChI=1S/C20H20N2O5/c1-3-25-17-10-9-14(11-18(17)26-4-2)20(24)27-13-19(23)22-16-8-6-5-7-15(16)12-21/h5-11H,3-4,13H2,1-2H3,(H,22,23). The van der Waals surface area contributed by atoms with Gasteiger partial charge in [0.05, 0.1) is 30.0 Å². The molecule has 140 valence electrons. The molecule has 0 spiro atoms. The quantitative estimate of drug-likeness (QED) is 0.719. The second kappa shape index (κ2) is 9.82. The summed E-state index contributed by atoms with van der Waals surface area (Å²) in [6, 6.07) is 13.2. The Morgan fingerprint density at radius 3 is 2.44 bits per heavy atom. The van der Waals surface area contributed by atoms with E-state index in [1.165, 1.54) is 6.07 Å². The van der Waals surface area contributed by atoms with Gasteiger partial charge in [0.15, 0.2) is 18.1 Å². The lowest BCUT2D eigenvalue weighted by atomic mass is 10.2. The fraction of sp³-hybridized carbons (Fsp3) is 0.250. The smallest absolute Gasteiger partial charge is 0.338 e. The summed E-state index contributed by atoms with van der Waals surface area (Å²) in [5.41, 5.74) is 0.929. The summed E-state index contributed by atoms with van der Waals surface area (Å²) < 4.78 is 15.9. The second-order valence-electron chi connectivity index (χ2n) is 5.31. The topological polar surface area (TPSA) is 97.6 Å². The fourth-order valence-electron chi connectivity index (χ4n) is 2.27. The Morgan fingerprint density at radius 1 is 1.04 bits per heavy atom. The zero-order valence-corrected chi connectivity index (χ0v) is 15.2. The number of ether oxygens (including phenoxy) is 3. The third-order valence-corrected chi connectivity index (χ3v) is 3.44. The Bertz CT molecular complexity index is 858. The molecular formula is C20H20N2O5. The van der Waals surface area contributed by atoms with Crippen LogP contribution in [-0.4, -0.2) is 31.7 Å². The predicted molar refractivity (Wildman–Crippen MR) is 98.8 cm³/mol. The summed E-state index contributed by atoms with van der Waals surface area (Å²) in [5, 5.41) is 11.6. The number of para-hydroxylation sites is 1. The van der Waals surface area contributed by atoms with Crippen molar-refractivity contribution in [3.63, 3.8) is 0 Å². The molecule has 27 heavy (non-hydrogen) atoms. The predicted octanol–water partition coefficient (Wildman–Crippen LogP) is 3.15. The van der Waals surface area contributed by atoms with E-state index in [4.69, 9.17) is 19.5 Å². The van der Waals surface area contributed by atoms with E-state index >= 15 is 0 Å². The zero-order valence-electron chi connectivity index (χ0n) is 15.2. The number of nitriles is 1. The lowest BCUT2D eigenvalue weighted by Crippen LogP contribution is -2.21. The van der Waals surface area contributed by atoms with Crippen LogP contribution in [0.2, 0.25) is 0 Å². The van der Waals surface area contributed by atoms with Crippen LogP contribution >= 0.6 is 0 Å². The van der Waals surface area contributed by atoms with Gasteiger partial charge in [0, 0.05) is 0 Å². The van der Waals surface area contributed by atoms with Gasteiger partial charge in [0.25, 0.3) is 5.91 Å². The molecule has 1 N–H and O–H groups in total. The minimum absolute atomic E-state index is 0.243. The van der Waals surface area contributed by atoms with Gasteiger partial charge in [-0.25, -0.2) is 4.79 Å². The highest BCUT2D eigenvalue weighted by molar-refractivity contribution is 5.96. The van der Waals surface area contributed by atoms with E-state index in [-0.39, 0.29) is 5.56 Å². The van der Waals surface area contributed by atoms with Crippen molar-refractivity contribution in [2.75, 3.05) is 25.1 Å². The number of esters is 1. The van der Waals surface area contributed by atoms with Crippen molar-refractivity contribution in [2.24, 2.45) is 0 Å². The van der Waals surface area contributed by atoms with Crippen molar-refractivity contribution in [3.8, 4) is 17.6 Å². The van der Waals surface area contributed by atoms with Crippen LogP contribution < -0.4 is 14.8 Å². The molecule has 0 aliphatic rings. The maximum absolute atomic E-state index is 12.2. The first kappa shape index (κ1) is 19.8. The van der Waals surface area contributed by atoms with Crippen molar-refractivity contribution in [1.29, 1.82) is 5.26 Å². The molecule has 2 aromatic carbocycles. The summed E-state index contributed by atoms with van der Waals surface area (Å²) in [6.45, 7) is 4.08. The van der Waals surface area contributed by atoms with Gasteiger partial charge < -0.3 is 19.5 Å². The number of carbonyl (C=O) groups excluding carboxylic acids is 2. The second-order valence-corrected chi connectivity index (χ2v) is 5.31. The Labute approximate surface area is 157 Å². The molecule has 0 atom stereocenters. The van der Waals surface area contributed by atoms with Gasteiger partial charge in [-0.15, -0.1) is 0 Å². The molecular weight excluding hydrogens is 348 g/mol. The Balaban J connectivity index is 1.99. The molecule has 0 aromatic heterocycles. The van der Waals surface area contributed by atoms with Crippen molar-refractivity contribution < 1.29 is 23.8 Å². The lowest BCUT2D eigenvalue weighted by molar-refractivity contribution is -0.119. The first-order valence-electron chi connectivity index (χ1n) is 8.44. The third kappa shape index (κ3) is 5.47. The normalized spacial score (nSPS) is 9.81. The minimum atomic E-state index is -0.664. The van der Waals surface area contributed by atoms with Crippen molar-refractivity contribution in [2.45, 2.75) is 13.8 Å². The van der Waals surface area contributed by atoms with Crippen molar-refractivity contribution in [1.82, 2.24) is 0 Å². The molecule has 0 bridgehead atoms. The molecule has 0 aliphatic carbocycles. The van der Waals surface area contributed by atoms with Gasteiger partial charge >= 0.3 is 5.97 Å². The number of nitrogens with zero attached hydrogens (tertiary/aromatic N) is 1. The van der Waals surface area contributed by atoms with Gasteiger partial charge in [-0.2, -0.15) is 5.26 Å². The van der Waals surface area contributed by atoms with Crippen LogP contribution in [0.3, 0.4) is 0 Å². The molecule has 0 saturated heterocycles. The minimum Gasteiger partial charge on any atom is -0.490 e. The summed E-state index contributed by atoms with van der Waals surface area (Å²) in [4.78, 5) is 24.2. The summed E-state index contributed by atoms with van der Waals surface area (Å²) in [5.74, 6) is -0.243. The van der Waals surface area contributed by atoms with Gasteiger partial charge in [0.2, 0.25) is 0 Å². The molecule has 2 rings (SSSR count). The third-order valence-electron chi connectivity index (χ3n) is 3.44. The van der Waals surface area contributed by atoms with E-state index in [0.29, 0.717) is 36.0 Å². The van der Waals surface area contributed by atoms with Crippen LogP contribution in [0.25, 0.3) is 0 Å². The molecule has 1 amide bonds. The van der Waals surface area contributed by atoms with Crippen LogP contribution in [0.4, 0.5) is 5.69 Å². The van der Waals surface area contributed by atoms with Crippen molar-refractivity contribution >= 4 is 17.6 Å². The van der Waals surface area contributed by atoms with Crippen LogP contribution in [0, 0.1) is 11.3 Å². The van der Waals surface area contributed by atoms with E-state index in [1.807, 2.05) is 19.9 Å². The molecule has 7 heteroatoms. The van der Waals surface area contributed by atoms with Gasteiger partial charge in [0.1, 0.15) is 6.07 Å². The van der Waals surface area contributed by atoms with Crippen LogP contribution in [0.5, 0.6) is 11.5 Å². The molecule has 0 saturated carbocycles. The number of nitrogens with one attached hydrogen (secondary N) is 1. The number of benzene rings is 2. The SMILES string of the molecule is CCOc1ccc(C(=O)OCC(=O)Nc2ccccc2C#N)cc1OCC. The maximum atomic E-state index is 12.2. The zero-order chi connectivity index (χ0) is 19.6. The van der Waals surface area contributed by atoms with E-state index < -0.39 is 18.5 Å². The highest BCUT2D eigenvalue weighted by Crippen LogP contribution is 2.28. The number of hydrogen-bond donors (Lipinski definition) is 1. The van der Waals surface area contributed by atoms with Gasteiger partial charge in [-0.3, -0.25) is 4.79 Å². The van der Waals surface area contributed by atoms with E-state index in [2.05, 4.69) is 5.32 Å². The fourth-order valence-corrected chi connectivity index (χ4v) is 2.27. The highest BCUT2D eigenvalue weighted by atomic mass is 16.5. The van der Waals surface area contributed by atoms with Gasteiger partial charge in [-0.05, 0) is 44.2 Å². The lowest BCUT2D eigenvalue weighted by Gasteiger charge is -2.12. The van der Waals surface area contributed by atoms with E-state index in [1.54, 1.807) is 36.4 Å². The first-order valence-corrected chi connectivity index (χ1v) is 8.44. The van der Waals surface area contributed by atoms with Crippen LogP contribution in [0.1, 0.15) is 29.8 Å². The molecule has 0 heterocycles. The number of rotatable bonds is 8. The maximum Gasteiger partial charge on any atom is 0.338 e. The molecule has 0 radical (unpaired) electrons. The molecule has 0 fully saturated rings. The van der Waals surface area contributed by atoms with Crippen LogP contribution in [-0.2, 0) is 9.53 Å². The molecule has 0 unspecified atom stereocenters. The monoisotopic (exact) mass is 368 g/mol. The molecule has 2 aromatic rings. The number of hydrogen-bond acceptors (Lipinski definition) is 6. The van der Waals surface area contributed by atoms with Crippen LogP contribution in [0.15, 0.2) is 42.5 Å². The summed E-state index contributed by atoms with van der Waals surface area (Å²) >= 11 is 0. The van der Waals surface area contributed by atoms with E-state index in [0.717, 1.165) is 0 Å². The Morgan fingerprint density at radius 2 is 1.74 bits per heavy atom. The Kier molecular flexibility index (Phi) is 7.20. The summed E-state index contributed by atoms with van der Waals surface area (Å²) in [6.07, 6.45) is 0. The van der Waals surface area contributed by atoms with Gasteiger partial charge in [-0.1, -0.05) is 12.1 Å². The largest absolute Gasteiger partial charge is 0.490 e. The average Bonchev–Trinajstić information content (AvgIpc) is 2.68. The molecule has 7 nitrogen and oxygen atoms in total. The molecule has 0 aliphatic heterocycles. The van der Waals surface area contributed by atoms with Crippen molar-refractivity contribution in [3.05, 3.63) is 53.6 Å². The highest BCUT2D eigenvalue weighted by Gasteiger charge is 2.15. The summed E-state index contributed by atoms with van der Waals surface area (Å²) in [7, 11) is 0. The number of carbonyl (C=O) groups is 2. The number of anilines is 1. The van der Waals surface area contributed by atoms with E-state index in [9.17, 15) is 9.59 Å². The number of amides is 1. The Hall–Kier alpha value is -3.53. The average molecular weight is 368 g/mol. The first-order chi connectivity index (χ1) is 13.1.